The minimum absolute atomic E-state index is 0.0150. The fourth-order valence-corrected chi connectivity index (χ4v) is 2.16. The van der Waals surface area contributed by atoms with E-state index in [9.17, 15) is 14.9 Å². The van der Waals surface area contributed by atoms with Crippen molar-refractivity contribution in [2.45, 2.75) is 38.8 Å². The van der Waals surface area contributed by atoms with E-state index in [4.69, 9.17) is 4.74 Å². The maximum atomic E-state index is 11.8. The average Bonchev–Trinajstić information content (AvgIpc) is 2.33. The minimum Gasteiger partial charge on any atom is -0.376 e. The first-order valence-corrected chi connectivity index (χ1v) is 6.05. The lowest BCUT2D eigenvalue weighted by Gasteiger charge is -2.23. The molecule has 0 unspecified atom stereocenters. The van der Waals surface area contributed by atoms with Gasteiger partial charge in [-0.2, -0.15) is 0 Å². The number of pyridine rings is 1. The van der Waals surface area contributed by atoms with E-state index >= 15 is 0 Å². The fourth-order valence-electron chi connectivity index (χ4n) is 2.16. The van der Waals surface area contributed by atoms with Gasteiger partial charge < -0.3 is 9.30 Å². The summed E-state index contributed by atoms with van der Waals surface area (Å²) in [5, 5.41) is 10.8. The highest BCUT2D eigenvalue weighted by atomic mass is 16.6. The van der Waals surface area contributed by atoms with Crippen molar-refractivity contribution >= 4 is 5.69 Å². The molecule has 0 radical (unpaired) electrons. The third-order valence-electron chi connectivity index (χ3n) is 3.18. The molecular weight excluding hydrogens is 236 g/mol. The number of ether oxygens (including phenoxy) is 1. The number of aromatic nitrogens is 1. The molecule has 2 rings (SSSR count). The quantitative estimate of drug-likeness (QED) is 0.605. The van der Waals surface area contributed by atoms with E-state index in [-0.39, 0.29) is 17.4 Å². The van der Waals surface area contributed by atoms with Gasteiger partial charge >= 0.3 is 0 Å². The summed E-state index contributed by atoms with van der Waals surface area (Å²) >= 11 is 0. The van der Waals surface area contributed by atoms with Gasteiger partial charge in [-0.05, 0) is 26.2 Å². The molecule has 0 aliphatic carbocycles. The molecule has 18 heavy (non-hydrogen) atoms. The molecule has 0 saturated carbocycles. The Morgan fingerprint density at radius 1 is 1.56 bits per heavy atom. The predicted molar refractivity (Wildman–Crippen MR) is 65.7 cm³/mol. The summed E-state index contributed by atoms with van der Waals surface area (Å²) in [6, 6.07) is 1.31. The van der Waals surface area contributed by atoms with E-state index in [0.29, 0.717) is 18.7 Å². The zero-order chi connectivity index (χ0) is 13.1. The van der Waals surface area contributed by atoms with Crippen molar-refractivity contribution in [3.8, 4) is 0 Å². The first kappa shape index (κ1) is 12.8. The minimum atomic E-state index is -0.465. The van der Waals surface area contributed by atoms with Crippen LogP contribution in [0.25, 0.3) is 0 Å². The van der Waals surface area contributed by atoms with Crippen LogP contribution in [-0.4, -0.2) is 22.2 Å². The maximum absolute atomic E-state index is 11.8. The van der Waals surface area contributed by atoms with Crippen molar-refractivity contribution in [2.75, 3.05) is 6.61 Å². The summed E-state index contributed by atoms with van der Waals surface area (Å²) in [6.45, 7) is 2.66. The zero-order valence-electron chi connectivity index (χ0n) is 10.3. The van der Waals surface area contributed by atoms with Crippen molar-refractivity contribution in [1.29, 1.82) is 0 Å². The molecule has 1 aromatic heterocycles. The van der Waals surface area contributed by atoms with Gasteiger partial charge in [0.2, 0.25) is 0 Å². The second-order valence-electron chi connectivity index (χ2n) is 4.58. The van der Waals surface area contributed by atoms with Crippen LogP contribution in [0.15, 0.2) is 17.1 Å². The third kappa shape index (κ3) is 2.76. The summed E-state index contributed by atoms with van der Waals surface area (Å²) in [5.74, 6) is 0. The number of hydrogen-bond acceptors (Lipinski definition) is 4. The second-order valence-corrected chi connectivity index (χ2v) is 4.58. The standard InChI is InChI=1S/C12H16N2O4/c1-9-6-12(15)13(8-11(9)14(16)17)7-10-4-2-3-5-18-10/h6,8,10H,2-5,7H2,1H3/t10-/m1/s1. The summed E-state index contributed by atoms with van der Waals surface area (Å²) in [5.41, 5.74) is 0.156. The Balaban J connectivity index is 2.24. The molecule has 1 fully saturated rings. The summed E-state index contributed by atoms with van der Waals surface area (Å²) in [6.07, 6.45) is 4.31. The lowest BCUT2D eigenvalue weighted by atomic mass is 10.1. The van der Waals surface area contributed by atoms with Crippen molar-refractivity contribution in [1.82, 2.24) is 4.57 Å². The molecule has 6 heteroatoms. The van der Waals surface area contributed by atoms with E-state index in [1.165, 1.54) is 16.8 Å². The van der Waals surface area contributed by atoms with Crippen LogP contribution in [0.1, 0.15) is 24.8 Å². The van der Waals surface area contributed by atoms with Crippen LogP contribution in [0.4, 0.5) is 5.69 Å². The third-order valence-corrected chi connectivity index (χ3v) is 3.18. The number of nitrogens with zero attached hydrogens (tertiary/aromatic N) is 2. The maximum Gasteiger partial charge on any atom is 0.288 e. The molecular formula is C12H16N2O4. The van der Waals surface area contributed by atoms with Gasteiger partial charge in [-0.3, -0.25) is 14.9 Å². The van der Waals surface area contributed by atoms with Crippen molar-refractivity contribution in [2.24, 2.45) is 0 Å². The number of rotatable bonds is 3. The molecule has 1 aliphatic heterocycles. The van der Waals surface area contributed by atoms with E-state index in [2.05, 4.69) is 0 Å². The normalized spacial score (nSPS) is 19.7. The number of nitro groups is 1. The molecule has 1 aliphatic rings. The van der Waals surface area contributed by atoms with Crippen molar-refractivity contribution in [3.63, 3.8) is 0 Å². The Kier molecular flexibility index (Phi) is 3.76. The SMILES string of the molecule is Cc1cc(=O)n(C[C@H]2CCCCO2)cc1[N+](=O)[O-]. The highest BCUT2D eigenvalue weighted by molar-refractivity contribution is 5.35. The van der Waals surface area contributed by atoms with Gasteiger partial charge in [0.15, 0.2) is 0 Å². The molecule has 2 heterocycles. The zero-order valence-corrected chi connectivity index (χ0v) is 10.3. The van der Waals surface area contributed by atoms with Crippen LogP contribution in [-0.2, 0) is 11.3 Å². The monoisotopic (exact) mass is 252 g/mol. The Morgan fingerprint density at radius 3 is 2.94 bits per heavy atom. The van der Waals surface area contributed by atoms with E-state index in [0.717, 1.165) is 19.3 Å². The molecule has 1 aromatic rings. The summed E-state index contributed by atoms with van der Waals surface area (Å²) < 4.78 is 6.91. The predicted octanol–water partition coefficient (Wildman–Crippen LogP) is 1.63. The van der Waals surface area contributed by atoms with Crippen LogP contribution >= 0.6 is 0 Å². The smallest absolute Gasteiger partial charge is 0.288 e. The summed E-state index contributed by atoms with van der Waals surface area (Å²) in [7, 11) is 0. The average molecular weight is 252 g/mol. The van der Waals surface area contributed by atoms with Gasteiger partial charge in [-0.15, -0.1) is 0 Å². The van der Waals surface area contributed by atoms with Gasteiger partial charge in [0, 0.05) is 18.2 Å². The Labute approximate surface area is 104 Å². The highest BCUT2D eigenvalue weighted by Gasteiger charge is 2.18. The Hall–Kier alpha value is -1.69. The van der Waals surface area contributed by atoms with Crippen LogP contribution in [0.5, 0.6) is 0 Å². The van der Waals surface area contributed by atoms with Crippen LogP contribution in [0.3, 0.4) is 0 Å². The van der Waals surface area contributed by atoms with Crippen molar-refractivity contribution < 1.29 is 9.66 Å². The largest absolute Gasteiger partial charge is 0.376 e. The molecule has 0 N–H and O–H groups in total. The second kappa shape index (κ2) is 5.30. The first-order valence-electron chi connectivity index (χ1n) is 6.05. The molecule has 1 saturated heterocycles. The lowest BCUT2D eigenvalue weighted by Crippen LogP contribution is -2.30. The van der Waals surface area contributed by atoms with Gasteiger partial charge in [0.25, 0.3) is 11.2 Å². The lowest BCUT2D eigenvalue weighted by molar-refractivity contribution is -0.386. The molecule has 1 atom stereocenters. The topological polar surface area (TPSA) is 74.4 Å². The van der Waals surface area contributed by atoms with Crippen LogP contribution in [0.2, 0.25) is 0 Å². The molecule has 0 amide bonds. The molecule has 0 spiro atoms. The molecule has 6 nitrogen and oxygen atoms in total. The van der Waals surface area contributed by atoms with E-state index in [1.807, 2.05) is 0 Å². The molecule has 0 aromatic carbocycles. The summed E-state index contributed by atoms with van der Waals surface area (Å²) in [4.78, 5) is 22.1. The first-order chi connectivity index (χ1) is 8.58. The number of aryl methyl sites for hydroxylation is 1. The fraction of sp³-hybridized carbons (Fsp3) is 0.583. The Morgan fingerprint density at radius 2 is 2.33 bits per heavy atom. The Bertz CT molecular complexity index is 503. The van der Waals surface area contributed by atoms with Gasteiger partial charge in [0.05, 0.1) is 23.8 Å². The van der Waals surface area contributed by atoms with Gasteiger partial charge in [-0.1, -0.05) is 0 Å². The molecule has 98 valence electrons. The van der Waals surface area contributed by atoms with Crippen LogP contribution in [0, 0.1) is 17.0 Å². The number of hydrogen-bond donors (Lipinski definition) is 0. The van der Waals surface area contributed by atoms with E-state index < -0.39 is 4.92 Å². The van der Waals surface area contributed by atoms with Gasteiger partial charge in [-0.25, -0.2) is 0 Å². The highest BCUT2D eigenvalue weighted by Crippen LogP contribution is 2.17. The van der Waals surface area contributed by atoms with Crippen LogP contribution < -0.4 is 5.56 Å². The van der Waals surface area contributed by atoms with Crippen molar-refractivity contribution in [3.05, 3.63) is 38.3 Å². The van der Waals surface area contributed by atoms with E-state index in [1.54, 1.807) is 6.92 Å². The van der Waals surface area contributed by atoms with Gasteiger partial charge in [0.1, 0.15) is 0 Å². The molecule has 0 bridgehead atoms.